The molecule has 2 aliphatic rings. The van der Waals surface area contributed by atoms with Crippen molar-refractivity contribution in [2.45, 2.75) is 51.4 Å². The molecule has 1 aliphatic heterocycles. The molecule has 0 bridgehead atoms. The van der Waals surface area contributed by atoms with Crippen LogP contribution in [0.25, 0.3) is 0 Å². The lowest BCUT2D eigenvalue weighted by Gasteiger charge is -2.35. The molecule has 3 unspecified atom stereocenters. The van der Waals surface area contributed by atoms with Crippen molar-refractivity contribution >= 4 is 11.9 Å². The van der Waals surface area contributed by atoms with Gasteiger partial charge in [-0.25, -0.2) is 0 Å². The van der Waals surface area contributed by atoms with E-state index in [-0.39, 0.29) is 23.7 Å². The molecule has 126 valence electrons. The highest BCUT2D eigenvalue weighted by Crippen LogP contribution is 2.33. The van der Waals surface area contributed by atoms with Crippen LogP contribution in [-0.4, -0.2) is 45.1 Å². The van der Waals surface area contributed by atoms with Gasteiger partial charge in [0.15, 0.2) is 5.82 Å². The van der Waals surface area contributed by atoms with Gasteiger partial charge in [0, 0.05) is 19.0 Å². The topological polar surface area (TPSA) is 96.5 Å². The molecule has 1 aromatic heterocycles. The number of piperidine rings is 1. The summed E-state index contributed by atoms with van der Waals surface area (Å²) in [5.41, 5.74) is 0. The summed E-state index contributed by atoms with van der Waals surface area (Å²) >= 11 is 0. The van der Waals surface area contributed by atoms with Gasteiger partial charge in [0.1, 0.15) is 0 Å². The summed E-state index contributed by atoms with van der Waals surface area (Å²) in [5, 5.41) is 13.0. The Hall–Kier alpha value is -1.92. The van der Waals surface area contributed by atoms with Gasteiger partial charge in [0.05, 0.1) is 11.8 Å². The normalized spacial score (nSPS) is 28.6. The number of likely N-dealkylation sites (tertiary alicyclic amines) is 1. The summed E-state index contributed by atoms with van der Waals surface area (Å²) in [5.74, 6) is 0.0852. The van der Waals surface area contributed by atoms with E-state index in [1.54, 1.807) is 6.92 Å². The molecule has 1 aromatic rings. The Morgan fingerprint density at radius 1 is 1.22 bits per heavy atom. The van der Waals surface area contributed by atoms with Crippen LogP contribution < -0.4 is 0 Å². The molecule has 2 heterocycles. The van der Waals surface area contributed by atoms with Crippen molar-refractivity contribution in [1.29, 1.82) is 0 Å². The highest BCUT2D eigenvalue weighted by Gasteiger charge is 2.35. The minimum Gasteiger partial charge on any atom is -0.481 e. The Morgan fingerprint density at radius 3 is 2.70 bits per heavy atom. The first-order chi connectivity index (χ1) is 11.0. The maximum Gasteiger partial charge on any atom is 0.306 e. The van der Waals surface area contributed by atoms with Gasteiger partial charge in [-0.15, -0.1) is 0 Å². The molecule has 2 fully saturated rings. The Balaban J connectivity index is 1.63. The standard InChI is InChI=1S/C16H23N3O4/c1-10-17-14(23-18-10)13-6-3-7-19(9-13)15(20)11-4-2-5-12(8-11)16(21)22/h11-13H,2-9H2,1H3,(H,21,22). The van der Waals surface area contributed by atoms with E-state index in [1.807, 2.05) is 4.90 Å². The van der Waals surface area contributed by atoms with Crippen LogP contribution in [0.15, 0.2) is 4.52 Å². The van der Waals surface area contributed by atoms with Gasteiger partial charge < -0.3 is 14.5 Å². The average Bonchev–Trinajstić information content (AvgIpc) is 3.01. The first-order valence-corrected chi connectivity index (χ1v) is 8.36. The van der Waals surface area contributed by atoms with E-state index >= 15 is 0 Å². The maximum atomic E-state index is 12.8. The molecule has 1 amide bonds. The van der Waals surface area contributed by atoms with Crippen LogP contribution in [0, 0.1) is 18.8 Å². The van der Waals surface area contributed by atoms with Gasteiger partial charge in [-0.3, -0.25) is 9.59 Å². The summed E-state index contributed by atoms with van der Waals surface area (Å²) < 4.78 is 5.25. The summed E-state index contributed by atoms with van der Waals surface area (Å²) in [4.78, 5) is 30.1. The van der Waals surface area contributed by atoms with E-state index in [1.165, 1.54) is 0 Å². The third kappa shape index (κ3) is 3.54. The Labute approximate surface area is 135 Å². The fraction of sp³-hybridized carbons (Fsp3) is 0.750. The van der Waals surface area contributed by atoms with Gasteiger partial charge in [-0.1, -0.05) is 11.6 Å². The number of amides is 1. The first kappa shape index (κ1) is 16.0. The monoisotopic (exact) mass is 321 g/mol. The molecule has 0 spiro atoms. The Bertz CT molecular complexity index is 586. The van der Waals surface area contributed by atoms with E-state index in [4.69, 9.17) is 4.52 Å². The number of aryl methyl sites for hydroxylation is 1. The number of carboxylic acid groups (broad SMARTS) is 1. The number of rotatable bonds is 3. The number of aromatic nitrogens is 2. The van der Waals surface area contributed by atoms with Gasteiger partial charge in [0.25, 0.3) is 0 Å². The van der Waals surface area contributed by atoms with Crippen molar-refractivity contribution in [3.63, 3.8) is 0 Å². The lowest BCUT2D eigenvalue weighted by atomic mass is 9.80. The zero-order chi connectivity index (χ0) is 16.4. The van der Waals surface area contributed by atoms with Gasteiger partial charge in [-0.2, -0.15) is 4.98 Å². The number of hydrogen-bond donors (Lipinski definition) is 1. The Morgan fingerprint density at radius 2 is 2.00 bits per heavy atom. The number of carbonyl (C=O) groups is 2. The van der Waals surface area contributed by atoms with Crippen LogP contribution in [0.4, 0.5) is 0 Å². The van der Waals surface area contributed by atoms with Crippen molar-refractivity contribution in [2.24, 2.45) is 11.8 Å². The molecule has 1 N–H and O–H groups in total. The molecular formula is C16H23N3O4. The van der Waals surface area contributed by atoms with E-state index < -0.39 is 5.97 Å². The first-order valence-electron chi connectivity index (χ1n) is 8.36. The van der Waals surface area contributed by atoms with Crippen LogP contribution in [0.5, 0.6) is 0 Å². The smallest absolute Gasteiger partial charge is 0.306 e. The molecule has 0 aromatic carbocycles. The fourth-order valence-electron chi connectivity index (χ4n) is 3.75. The van der Waals surface area contributed by atoms with E-state index in [0.29, 0.717) is 31.1 Å². The van der Waals surface area contributed by atoms with Crippen molar-refractivity contribution < 1.29 is 19.2 Å². The number of carboxylic acids is 1. The van der Waals surface area contributed by atoms with E-state index in [9.17, 15) is 14.7 Å². The molecule has 1 saturated heterocycles. The SMILES string of the molecule is Cc1noc(C2CCCN(C(=O)C3CCCC(C(=O)O)C3)C2)n1. The van der Waals surface area contributed by atoms with Gasteiger partial charge in [-0.05, 0) is 39.0 Å². The van der Waals surface area contributed by atoms with Crippen molar-refractivity contribution in [2.75, 3.05) is 13.1 Å². The third-order valence-electron chi connectivity index (χ3n) is 5.00. The van der Waals surface area contributed by atoms with Crippen LogP contribution in [0.3, 0.4) is 0 Å². The molecule has 3 rings (SSSR count). The fourth-order valence-corrected chi connectivity index (χ4v) is 3.75. The molecule has 3 atom stereocenters. The zero-order valence-corrected chi connectivity index (χ0v) is 13.4. The van der Waals surface area contributed by atoms with Crippen LogP contribution in [0.2, 0.25) is 0 Å². The number of nitrogens with zero attached hydrogens (tertiary/aromatic N) is 3. The lowest BCUT2D eigenvalue weighted by Crippen LogP contribution is -2.44. The molecule has 0 radical (unpaired) electrons. The largest absolute Gasteiger partial charge is 0.481 e. The molecule has 7 nitrogen and oxygen atoms in total. The van der Waals surface area contributed by atoms with Crippen molar-refractivity contribution in [3.8, 4) is 0 Å². The van der Waals surface area contributed by atoms with Crippen LogP contribution in [-0.2, 0) is 9.59 Å². The highest BCUT2D eigenvalue weighted by molar-refractivity contribution is 5.80. The number of hydrogen-bond acceptors (Lipinski definition) is 5. The maximum absolute atomic E-state index is 12.8. The van der Waals surface area contributed by atoms with Crippen molar-refractivity contribution in [3.05, 3.63) is 11.7 Å². The number of aliphatic carboxylic acids is 1. The quantitative estimate of drug-likeness (QED) is 0.914. The molecule has 7 heteroatoms. The predicted molar refractivity (Wildman–Crippen MR) is 80.7 cm³/mol. The lowest BCUT2D eigenvalue weighted by molar-refractivity contribution is -0.145. The van der Waals surface area contributed by atoms with Gasteiger partial charge in [0.2, 0.25) is 11.8 Å². The molecule has 23 heavy (non-hydrogen) atoms. The summed E-state index contributed by atoms with van der Waals surface area (Å²) in [7, 11) is 0. The second-order valence-corrected chi connectivity index (χ2v) is 6.70. The highest BCUT2D eigenvalue weighted by atomic mass is 16.5. The number of carbonyl (C=O) groups excluding carboxylic acids is 1. The van der Waals surface area contributed by atoms with Crippen LogP contribution >= 0.6 is 0 Å². The van der Waals surface area contributed by atoms with Crippen molar-refractivity contribution in [1.82, 2.24) is 15.0 Å². The second kappa shape index (κ2) is 6.68. The summed E-state index contributed by atoms with van der Waals surface area (Å²) in [6.45, 7) is 3.11. The molecule has 1 aliphatic carbocycles. The van der Waals surface area contributed by atoms with Crippen LogP contribution in [0.1, 0.15) is 56.2 Å². The summed E-state index contributed by atoms with van der Waals surface area (Å²) in [6, 6.07) is 0. The van der Waals surface area contributed by atoms with E-state index in [0.717, 1.165) is 32.2 Å². The second-order valence-electron chi connectivity index (χ2n) is 6.70. The molecule has 1 saturated carbocycles. The van der Waals surface area contributed by atoms with Gasteiger partial charge >= 0.3 is 5.97 Å². The minimum atomic E-state index is -0.777. The Kier molecular flexibility index (Phi) is 4.63. The zero-order valence-electron chi connectivity index (χ0n) is 13.4. The summed E-state index contributed by atoms with van der Waals surface area (Å²) in [6.07, 6.45) is 4.61. The minimum absolute atomic E-state index is 0.0905. The third-order valence-corrected chi connectivity index (χ3v) is 5.00. The van der Waals surface area contributed by atoms with E-state index in [2.05, 4.69) is 10.1 Å². The predicted octanol–water partition coefficient (Wildman–Crippen LogP) is 1.98. The average molecular weight is 321 g/mol. The molecular weight excluding hydrogens is 298 g/mol.